The van der Waals surface area contributed by atoms with Crippen molar-refractivity contribution in [3.05, 3.63) is 67.6 Å². The minimum atomic E-state index is -1.18. The summed E-state index contributed by atoms with van der Waals surface area (Å²) in [6.45, 7) is 1.53. The summed E-state index contributed by atoms with van der Waals surface area (Å²) < 4.78 is 2.04. The summed E-state index contributed by atoms with van der Waals surface area (Å²) in [5.41, 5.74) is 14.3. The van der Waals surface area contributed by atoms with Gasteiger partial charge in [-0.3, -0.25) is 0 Å². The zero-order chi connectivity index (χ0) is 23.8. The van der Waals surface area contributed by atoms with Crippen LogP contribution in [0.1, 0.15) is 35.1 Å². The van der Waals surface area contributed by atoms with Gasteiger partial charge in [-0.2, -0.15) is 12.6 Å². The van der Waals surface area contributed by atoms with Crippen LogP contribution in [0.2, 0.25) is 6.82 Å². The SMILES string of the molecule is CS.NC1(C(=O)O)CCc2cc(Br)ccc21.NC1(CO)CCc2cc(Br)ccc21.[B]C. The lowest BCUT2D eigenvalue weighted by atomic mass is 9.93. The molecule has 2 atom stereocenters. The number of aliphatic hydroxyl groups is 1. The molecular weight excluding hydrogens is 543 g/mol. The van der Waals surface area contributed by atoms with Gasteiger partial charge in [0.2, 0.25) is 0 Å². The Labute approximate surface area is 208 Å². The van der Waals surface area contributed by atoms with Gasteiger partial charge >= 0.3 is 5.97 Å². The van der Waals surface area contributed by atoms with Crippen molar-refractivity contribution in [2.75, 3.05) is 12.9 Å². The van der Waals surface area contributed by atoms with Gasteiger partial charge in [-0.25, -0.2) is 4.79 Å². The van der Waals surface area contributed by atoms with Gasteiger partial charge in [-0.1, -0.05) is 50.8 Å². The molecule has 2 aromatic carbocycles. The molecule has 0 heterocycles. The zero-order valence-electron chi connectivity index (χ0n) is 17.7. The third-order valence-corrected chi connectivity index (χ3v) is 6.43. The third-order valence-electron chi connectivity index (χ3n) is 5.44. The van der Waals surface area contributed by atoms with E-state index in [-0.39, 0.29) is 6.61 Å². The lowest BCUT2D eigenvalue weighted by Gasteiger charge is -2.22. The second kappa shape index (κ2) is 12.4. The van der Waals surface area contributed by atoms with Crippen LogP contribution in [0.5, 0.6) is 0 Å². The quantitative estimate of drug-likeness (QED) is 0.277. The predicted octanol–water partition coefficient (Wildman–Crippen LogP) is 3.92. The fraction of sp³-hybridized carbons (Fsp3) is 0.409. The van der Waals surface area contributed by atoms with Crippen molar-refractivity contribution in [2.45, 2.75) is 43.6 Å². The Morgan fingerprint density at radius 3 is 1.94 bits per heavy atom. The van der Waals surface area contributed by atoms with Crippen LogP contribution in [-0.4, -0.2) is 36.9 Å². The van der Waals surface area contributed by atoms with Crippen molar-refractivity contribution < 1.29 is 15.0 Å². The highest BCUT2D eigenvalue weighted by Crippen LogP contribution is 2.37. The third kappa shape index (κ3) is 6.36. The Morgan fingerprint density at radius 2 is 1.45 bits per heavy atom. The summed E-state index contributed by atoms with van der Waals surface area (Å²) in [5.74, 6) is -0.946. The van der Waals surface area contributed by atoms with Crippen molar-refractivity contribution in [1.82, 2.24) is 0 Å². The highest BCUT2D eigenvalue weighted by atomic mass is 79.9. The summed E-state index contributed by atoms with van der Waals surface area (Å²) >= 11 is 10.3. The molecule has 2 aliphatic rings. The van der Waals surface area contributed by atoms with Crippen LogP contribution in [0.15, 0.2) is 45.3 Å². The van der Waals surface area contributed by atoms with E-state index in [1.165, 1.54) is 12.4 Å². The maximum absolute atomic E-state index is 11.0. The monoisotopic (exact) mass is 570 g/mol. The minimum Gasteiger partial charge on any atom is -0.480 e. The zero-order valence-corrected chi connectivity index (χ0v) is 21.8. The minimum absolute atomic E-state index is 0.0294. The normalized spacial score (nSPS) is 22.5. The molecule has 2 aliphatic carbocycles. The Bertz CT molecular complexity index is 903. The first-order valence-electron chi connectivity index (χ1n) is 9.72. The number of aryl methyl sites for hydroxylation is 2. The van der Waals surface area contributed by atoms with Gasteiger partial charge in [-0.15, -0.1) is 0 Å². The van der Waals surface area contributed by atoms with Gasteiger partial charge in [0.05, 0.1) is 20.0 Å². The number of thiol groups is 1. The number of benzene rings is 2. The first-order valence-corrected chi connectivity index (χ1v) is 12.2. The molecule has 5 nitrogen and oxygen atoms in total. The highest BCUT2D eigenvalue weighted by Gasteiger charge is 2.41. The van der Waals surface area contributed by atoms with Crippen LogP contribution in [0, 0.1) is 0 Å². The summed E-state index contributed by atoms with van der Waals surface area (Å²) in [7, 11) is 4.50. The fourth-order valence-corrected chi connectivity index (χ4v) is 4.62. The van der Waals surface area contributed by atoms with Crippen LogP contribution < -0.4 is 11.5 Å². The average molecular weight is 572 g/mol. The molecule has 6 N–H and O–H groups in total. The molecule has 2 aromatic rings. The molecule has 2 radical (unpaired) electrons. The number of nitrogens with two attached hydrogens (primary N) is 2. The van der Waals surface area contributed by atoms with Gasteiger partial charge in [0.15, 0.2) is 0 Å². The number of carboxylic acids is 1. The van der Waals surface area contributed by atoms with Crippen LogP contribution in [-0.2, 0) is 28.7 Å². The Balaban J connectivity index is 0.000000268. The van der Waals surface area contributed by atoms with E-state index in [4.69, 9.17) is 16.6 Å². The molecule has 168 valence electrons. The number of halogens is 2. The number of carbonyl (C=O) groups is 1. The highest BCUT2D eigenvalue weighted by molar-refractivity contribution is 9.10. The summed E-state index contributed by atoms with van der Waals surface area (Å²) in [6.07, 6.45) is 4.72. The number of aliphatic carboxylic acids is 1. The standard InChI is InChI=1S/C10H10BrNO2.C10H12BrNO.CH3B.CH4S/c11-7-1-2-8-6(5-7)3-4-10(8,12)9(13)14;11-8-1-2-9-7(5-8)3-4-10(9,12)6-13;2*1-2/h1-2,5H,3-4,12H2,(H,13,14);1-2,5,13H,3-4,6,12H2;1H3;2H,1H3. The van der Waals surface area contributed by atoms with E-state index >= 15 is 0 Å². The fourth-order valence-electron chi connectivity index (χ4n) is 3.80. The molecule has 0 fully saturated rings. The Morgan fingerprint density at radius 1 is 1.00 bits per heavy atom. The summed E-state index contributed by atoms with van der Waals surface area (Å²) in [4.78, 5) is 11.0. The lowest BCUT2D eigenvalue weighted by molar-refractivity contribution is -0.143. The second-order valence-electron chi connectivity index (χ2n) is 7.19. The molecule has 2 unspecified atom stereocenters. The smallest absolute Gasteiger partial charge is 0.328 e. The van der Waals surface area contributed by atoms with Gasteiger partial charge < -0.3 is 21.7 Å². The van der Waals surface area contributed by atoms with Crippen molar-refractivity contribution in [1.29, 1.82) is 0 Å². The molecule has 0 bridgehead atoms. The van der Waals surface area contributed by atoms with E-state index in [1.807, 2.05) is 24.3 Å². The maximum atomic E-state index is 11.0. The molecule has 31 heavy (non-hydrogen) atoms. The van der Waals surface area contributed by atoms with E-state index < -0.39 is 17.0 Å². The summed E-state index contributed by atoms with van der Waals surface area (Å²) in [5, 5.41) is 18.3. The van der Waals surface area contributed by atoms with Crippen molar-refractivity contribution >= 4 is 58.3 Å². The largest absolute Gasteiger partial charge is 0.480 e. The Hall–Kier alpha value is -0.835. The predicted molar refractivity (Wildman–Crippen MR) is 138 cm³/mol. The molecular formula is C22H29BBr2N2O3S. The Kier molecular flexibility index (Phi) is 11.3. The number of hydrogen-bond donors (Lipinski definition) is 5. The first-order chi connectivity index (χ1) is 14.7. The summed E-state index contributed by atoms with van der Waals surface area (Å²) in [6, 6.07) is 11.6. The van der Waals surface area contributed by atoms with E-state index in [0.717, 1.165) is 44.9 Å². The van der Waals surface area contributed by atoms with Crippen LogP contribution in [0.25, 0.3) is 0 Å². The second-order valence-corrected chi connectivity index (χ2v) is 9.03. The molecule has 0 saturated carbocycles. The number of fused-ring (bicyclic) bond motifs is 2. The molecule has 0 aromatic heterocycles. The van der Waals surface area contributed by atoms with Crippen molar-refractivity contribution in [2.24, 2.45) is 11.5 Å². The maximum Gasteiger partial charge on any atom is 0.328 e. The van der Waals surface area contributed by atoms with Crippen LogP contribution in [0.3, 0.4) is 0 Å². The number of aliphatic hydroxyl groups excluding tert-OH is 1. The molecule has 4 rings (SSSR count). The van der Waals surface area contributed by atoms with Gasteiger partial charge in [0.25, 0.3) is 0 Å². The van der Waals surface area contributed by atoms with Gasteiger partial charge in [0.1, 0.15) is 5.54 Å². The van der Waals surface area contributed by atoms with E-state index in [1.54, 1.807) is 12.3 Å². The molecule has 0 spiro atoms. The topological polar surface area (TPSA) is 110 Å². The first kappa shape index (κ1) is 28.2. The van der Waals surface area contributed by atoms with Crippen LogP contribution in [0.4, 0.5) is 0 Å². The lowest BCUT2D eigenvalue weighted by Crippen LogP contribution is -2.42. The molecule has 0 amide bonds. The number of hydrogen-bond acceptors (Lipinski definition) is 5. The van der Waals surface area contributed by atoms with E-state index in [0.29, 0.717) is 6.42 Å². The van der Waals surface area contributed by atoms with Crippen LogP contribution >= 0.6 is 44.5 Å². The van der Waals surface area contributed by atoms with Crippen molar-refractivity contribution in [3.63, 3.8) is 0 Å². The number of rotatable bonds is 2. The van der Waals surface area contributed by atoms with Gasteiger partial charge in [0, 0.05) is 8.95 Å². The molecule has 0 aliphatic heterocycles. The van der Waals surface area contributed by atoms with E-state index in [9.17, 15) is 9.90 Å². The average Bonchev–Trinajstić information content (AvgIpc) is 3.29. The van der Waals surface area contributed by atoms with Crippen molar-refractivity contribution in [3.8, 4) is 0 Å². The molecule has 0 saturated heterocycles. The van der Waals surface area contributed by atoms with E-state index in [2.05, 4.69) is 58.4 Å². The van der Waals surface area contributed by atoms with Gasteiger partial charge in [-0.05, 0) is 78.5 Å². The molecule has 9 heteroatoms. The number of carboxylic acid groups (broad SMARTS) is 1.